The standard InChI is InChI=1S/C25H31N5OS/c1-19(24-27-23(18-32-24)21-11-7-4-8-12-21)26-25(31)28-22(20-9-5-3-6-10-20)17-30-15-13-29(2)14-16-30/h3-12,18-19,22H,13-17H2,1-2H3,(H2,26,28,31). The number of hydrogen-bond acceptors (Lipinski definition) is 5. The lowest BCUT2D eigenvalue weighted by Gasteiger charge is -2.35. The Morgan fingerprint density at radius 1 is 1.00 bits per heavy atom. The van der Waals surface area contributed by atoms with E-state index in [0.717, 1.165) is 54.6 Å². The minimum absolute atomic E-state index is 0.0667. The number of nitrogens with one attached hydrogen (secondary N) is 2. The van der Waals surface area contributed by atoms with Gasteiger partial charge in [-0.15, -0.1) is 11.3 Å². The van der Waals surface area contributed by atoms with E-state index in [0.29, 0.717) is 0 Å². The molecule has 4 rings (SSSR count). The molecule has 1 aliphatic heterocycles. The molecule has 32 heavy (non-hydrogen) atoms. The highest BCUT2D eigenvalue weighted by molar-refractivity contribution is 7.10. The number of rotatable bonds is 7. The lowest BCUT2D eigenvalue weighted by Crippen LogP contribution is -2.49. The van der Waals surface area contributed by atoms with E-state index in [9.17, 15) is 4.79 Å². The maximum absolute atomic E-state index is 12.9. The third-order valence-electron chi connectivity index (χ3n) is 5.85. The second-order valence-corrected chi connectivity index (χ2v) is 9.23. The van der Waals surface area contributed by atoms with Crippen molar-refractivity contribution in [2.75, 3.05) is 39.8 Å². The summed E-state index contributed by atoms with van der Waals surface area (Å²) in [5.41, 5.74) is 3.15. The fraction of sp³-hybridized carbons (Fsp3) is 0.360. The van der Waals surface area contributed by atoms with Crippen LogP contribution in [0, 0.1) is 0 Å². The van der Waals surface area contributed by atoms with Gasteiger partial charge in [-0.25, -0.2) is 9.78 Å². The number of benzene rings is 2. The van der Waals surface area contributed by atoms with E-state index >= 15 is 0 Å². The van der Waals surface area contributed by atoms with Crippen LogP contribution in [-0.4, -0.2) is 60.6 Å². The van der Waals surface area contributed by atoms with Crippen molar-refractivity contribution in [3.63, 3.8) is 0 Å². The van der Waals surface area contributed by atoms with Crippen LogP contribution in [0.3, 0.4) is 0 Å². The number of likely N-dealkylation sites (N-methyl/N-ethyl adjacent to an activating group) is 1. The van der Waals surface area contributed by atoms with Gasteiger partial charge in [-0.05, 0) is 19.5 Å². The minimum atomic E-state index is -0.169. The summed E-state index contributed by atoms with van der Waals surface area (Å²) in [7, 11) is 2.15. The zero-order valence-corrected chi connectivity index (χ0v) is 19.5. The van der Waals surface area contributed by atoms with Crippen molar-refractivity contribution in [1.29, 1.82) is 0 Å². The second kappa shape index (κ2) is 10.7. The number of nitrogens with zero attached hydrogens (tertiary/aromatic N) is 3. The van der Waals surface area contributed by atoms with E-state index in [1.54, 1.807) is 11.3 Å². The fourth-order valence-electron chi connectivity index (χ4n) is 3.89. The van der Waals surface area contributed by atoms with Gasteiger partial charge >= 0.3 is 6.03 Å². The average molecular weight is 450 g/mol. The largest absolute Gasteiger partial charge is 0.330 e. The molecular weight excluding hydrogens is 418 g/mol. The molecule has 2 unspecified atom stereocenters. The number of carbonyl (C=O) groups is 1. The first-order chi connectivity index (χ1) is 15.6. The lowest BCUT2D eigenvalue weighted by atomic mass is 10.1. The van der Waals surface area contributed by atoms with Crippen molar-refractivity contribution in [2.45, 2.75) is 19.0 Å². The molecule has 1 fully saturated rings. The van der Waals surface area contributed by atoms with Crippen LogP contribution in [0.15, 0.2) is 66.0 Å². The summed E-state index contributed by atoms with van der Waals surface area (Å²) in [6, 6.07) is 19.9. The first kappa shape index (κ1) is 22.5. The van der Waals surface area contributed by atoms with Crippen LogP contribution in [0.4, 0.5) is 4.79 Å². The van der Waals surface area contributed by atoms with Gasteiger partial charge in [0.1, 0.15) is 5.01 Å². The van der Waals surface area contributed by atoms with Gasteiger partial charge in [0.2, 0.25) is 0 Å². The molecule has 2 amide bonds. The van der Waals surface area contributed by atoms with Crippen LogP contribution in [0.25, 0.3) is 11.3 Å². The van der Waals surface area contributed by atoms with Gasteiger partial charge in [0.05, 0.1) is 17.8 Å². The first-order valence-electron chi connectivity index (χ1n) is 11.1. The molecule has 1 saturated heterocycles. The molecule has 0 aliphatic carbocycles. The number of amides is 2. The molecule has 0 spiro atoms. The van der Waals surface area contributed by atoms with E-state index in [1.165, 1.54) is 0 Å². The monoisotopic (exact) mass is 449 g/mol. The molecule has 6 nitrogen and oxygen atoms in total. The Kier molecular flexibility index (Phi) is 7.52. The molecule has 1 aliphatic rings. The molecule has 3 aromatic rings. The molecule has 1 aromatic heterocycles. The van der Waals surface area contributed by atoms with Gasteiger partial charge < -0.3 is 15.5 Å². The molecule has 0 bridgehead atoms. The van der Waals surface area contributed by atoms with Crippen LogP contribution in [0.5, 0.6) is 0 Å². The molecular formula is C25H31N5OS. The molecule has 2 N–H and O–H groups in total. The van der Waals surface area contributed by atoms with Crippen molar-refractivity contribution in [2.24, 2.45) is 0 Å². The SMILES string of the molecule is CC(NC(=O)NC(CN1CCN(C)CC1)c1ccccc1)c1nc(-c2ccccc2)cs1. The maximum Gasteiger partial charge on any atom is 0.315 e. The van der Waals surface area contributed by atoms with Crippen molar-refractivity contribution in [3.05, 3.63) is 76.6 Å². The summed E-state index contributed by atoms with van der Waals surface area (Å²) >= 11 is 1.57. The summed E-state index contributed by atoms with van der Waals surface area (Å²) in [6.45, 7) is 6.92. The van der Waals surface area contributed by atoms with Crippen molar-refractivity contribution < 1.29 is 4.79 Å². The van der Waals surface area contributed by atoms with E-state index in [-0.39, 0.29) is 18.1 Å². The van der Waals surface area contributed by atoms with E-state index < -0.39 is 0 Å². The molecule has 168 valence electrons. The number of piperazine rings is 1. The van der Waals surface area contributed by atoms with Crippen LogP contribution in [-0.2, 0) is 0 Å². The molecule has 0 radical (unpaired) electrons. The highest BCUT2D eigenvalue weighted by Crippen LogP contribution is 2.25. The van der Waals surface area contributed by atoms with Crippen molar-refractivity contribution in [1.82, 2.24) is 25.4 Å². The van der Waals surface area contributed by atoms with Gasteiger partial charge in [-0.1, -0.05) is 60.7 Å². The van der Waals surface area contributed by atoms with Gasteiger partial charge in [-0.2, -0.15) is 0 Å². The number of thiazole rings is 1. The smallest absolute Gasteiger partial charge is 0.315 e. The number of urea groups is 1. The number of hydrogen-bond donors (Lipinski definition) is 2. The quantitative estimate of drug-likeness (QED) is 0.569. The van der Waals surface area contributed by atoms with Gasteiger partial charge in [0.25, 0.3) is 0 Å². The van der Waals surface area contributed by atoms with Crippen LogP contribution < -0.4 is 10.6 Å². The van der Waals surface area contributed by atoms with E-state index in [4.69, 9.17) is 4.98 Å². The minimum Gasteiger partial charge on any atom is -0.330 e. The highest BCUT2D eigenvalue weighted by atomic mass is 32.1. The zero-order chi connectivity index (χ0) is 22.3. The summed E-state index contributed by atoms with van der Waals surface area (Å²) in [5.74, 6) is 0. The summed E-state index contributed by atoms with van der Waals surface area (Å²) in [6.07, 6.45) is 0. The van der Waals surface area contributed by atoms with Crippen molar-refractivity contribution in [3.8, 4) is 11.3 Å². The number of aromatic nitrogens is 1. The predicted octanol–water partition coefficient (Wildman–Crippen LogP) is 4.16. The molecule has 2 heterocycles. The lowest BCUT2D eigenvalue weighted by molar-refractivity contribution is 0.142. The molecule has 0 saturated carbocycles. The van der Waals surface area contributed by atoms with Gasteiger partial charge in [0, 0.05) is 43.7 Å². The normalized spacial score (nSPS) is 16.9. The van der Waals surface area contributed by atoms with E-state index in [1.807, 2.05) is 60.8 Å². The average Bonchev–Trinajstić information content (AvgIpc) is 3.32. The third kappa shape index (κ3) is 5.94. The Morgan fingerprint density at radius 3 is 2.34 bits per heavy atom. The topological polar surface area (TPSA) is 60.5 Å². The Hall–Kier alpha value is -2.74. The van der Waals surface area contributed by atoms with Gasteiger partial charge in [0.15, 0.2) is 0 Å². The Bertz CT molecular complexity index is 986. The summed E-state index contributed by atoms with van der Waals surface area (Å²) < 4.78 is 0. The second-order valence-electron chi connectivity index (χ2n) is 8.34. The predicted molar refractivity (Wildman–Crippen MR) is 131 cm³/mol. The molecule has 2 aromatic carbocycles. The zero-order valence-electron chi connectivity index (χ0n) is 18.7. The van der Waals surface area contributed by atoms with Crippen LogP contribution in [0.2, 0.25) is 0 Å². The Labute approximate surface area is 194 Å². The number of carbonyl (C=O) groups excluding carboxylic acids is 1. The summed E-state index contributed by atoms with van der Waals surface area (Å²) in [5, 5.41) is 9.22. The van der Waals surface area contributed by atoms with Crippen LogP contribution >= 0.6 is 11.3 Å². The van der Waals surface area contributed by atoms with E-state index in [2.05, 4.69) is 39.6 Å². The first-order valence-corrected chi connectivity index (χ1v) is 12.0. The van der Waals surface area contributed by atoms with Crippen molar-refractivity contribution >= 4 is 17.4 Å². The molecule has 2 atom stereocenters. The Morgan fingerprint density at radius 2 is 1.66 bits per heavy atom. The maximum atomic E-state index is 12.9. The fourth-order valence-corrected chi connectivity index (χ4v) is 4.73. The summed E-state index contributed by atoms with van der Waals surface area (Å²) in [4.78, 5) is 22.4. The highest BCUT2D eigenvalue weighted by Gasteiger charge is 2.22. The van der Waals surface area contributed by atoms with Gasteiger partial charge in [-0.3, -0.25) is 4.90 Å². The van der Waals surface area contributed by atoms with Crippen LogP contribution in [0.1, 0.15) is 29.6 Å². The molecule has 7 heteroatoms. The Balaban J connectivity index is 1.39. The third-order valence-corrected chi connectivity index (χ3v) is 6.88.